The van der Waals surface area contributed by atoms with Gasteiger partial charge >= 0.3 is 12.1 Å². The van der Waals surface area contributed by atoms with Gasteiger partial charge in [-0.3, -0.25) is 4.79 Å². The highest BCUT2D eigenvalue weighted by molar-refractivity contribution is 5.93. The fourth-order valence-corrected chi connectivity index (χ4v) is 4.54. The van der Waals surface area contributed by atoms with Gasteiger partial charge in [0.15, 0.2) is 0 Å². The van der Waals surface area contributed by atoms with Crippen LogP contribution in [0.15, 0.2) is 36.4 Å². The van der Waals surface area contributed by atoms with E-state index in [0.717, 1.165) is 33.3 Å². The van der Waals surface area contributed by atoms with Gasteiger partial charge in [0, 0.05) is 23.4 Å². The van der Waals surface area contributed by atoms with E-state index in [1.807, 2.05) is 53.7 Å². The van der Waals surface area contributed by atoms with Gasteiger partial charge in [-0.15, -0.1) is 0 Å². The Kier molecular flexibility index (Phi) is 7.87. The Labute approximate surface area is 214 Å². The maximum absolute atomic E-state index is 12.7. The van der Waals surface area contributed by atoms with E-state index in [1.54, 1.807) is 0 Å². The van der Waals surface area contributed by atoms with Crippen LogP contribution in [-0.4, -0.2) is 35.8 Å². The molecular weight excluding hydrogens is 452 g/mol. The Balaban J connectivity index is 2.11. The second-order valence-electron chi connectivity index (χ2n) is 11.2. The van der Waals surface area contributed by atoms with E-state index in [-0.39, 0.29) is 11.9 Å². The first-order chi connectivity index (χ1) is 16.7. The summed E-state index contributed by atoms with van der Waals surface area (Å²) in [5, 5.41) is 3.95. The van der Waals surface area contributed by atoms with Gasteiger partial charge in [-0.2, -0.15) is 0 Å². The molecular formula is C30H40N2O4. The Morgan fingerprint density at radius 1 is 1.00 bits per heavy atom. The molecule has 0 aliphatic carbocycles. The minimum atomic E-state index is -0.795. The second-order valence-corrected chi connectivity index (χ2v) is 11.2. The van der Waals surface area contributed by atoms with E-state index in [9.17, 15) is 9.59 Å². The number of fused-ring (bicyclic) bond motifs is 1. The van der Waals surface area contributed by atoms with Gasteiger partial charge in [-0.25, -0.2) is 4.79 Å². The van der Waals surface area contributed by atoms with Crippen LogP contribution in [0.2, 0.25) is 0 Å². The van der Waals surface area contributed by atoms with Crippen molar-refractivity contribution in [3.63, 3.8) is 0 Å². The van der Waals surface area contributed by atoms with Gasteiger partial charge in [0.05, 0.1) is 17.7 Å². The lowest BCUT2D eigenvalue weighted by Gasteiger charge is -2.23. The first kappa shape index (κ1) is 27.3. The molecule has 1 amide bonds. The lowest BCUT2D eigenvalue weighted by molar-refractivity contribution is -0.148. The summed E-state index contributed by atoms with van der Waals surface area (Å²) in [6.45, 7) is 18.1. The summed E-state index contributed by atoms with van der Waals surface area (Å²) < 4.78 is 10.8. The molecule has 3 aromatic rings. The van der Waals surface area contributed by atoms with Gasteiger partial charge in [0.1, 0.15) is 5.60 Å². The van der Waals surface area contributed by atoms with Crippen LogP contribution in [0.5, 0.6) is 0 Å². The van der Waals surface area contributed by atoms with Crippen molar-refractivity contribution in [2.24, 2.45) is 0 Å². The number of rotatable bonds is 7. The highest BCUT2D eigenvalue weighted by atomic mass is 16.6. The molecule has 0 fully saturated rings. The van der Waals surface area contributed by atoms with Crippen molar-refractivity contribution in [1.29, 1.82) is 0 Å². The number of aromatic amines is 1. The second kappa shape index (κ2) is 10.4. The third kappa shape index (κ3) is 6.10. The molecule has 1 aromatic heterocycles. The maximum Gasteiger partial charge on any atom is 0.407 e. The average molecular weight is 493 g/mol. The molecule has 0 spiro atoms. The predicted molar refractivity (Wildman–Crippen MR) is 146 cm³/mol. The molecule has 0 aliphatic heterocycles. The number of carbonyl (C=O) groups excluding carboxylic acids is 2. The van der Waals surface area contributed by atoms with Crippen LogP contribution in [0.1, 0.15) is 76.6 Å². The zero-order valence-corrected chi connectivity index (χ0v) is 23.1. The number of H-pyrrole nitrogens is 1. The van der Waals surface area contributed by atoms with Crippen LogP contribution in [-0.2, 0) is 19.7 Å². The molecule has 1 unspecified atom stereocenters. The standard InChI is InChI=1S/C30H40N2O4/c1-10-35-27(33)30(8,9)22-11-12-24-23(16-22)25(20(4)17-31-28(34)36-29(5,6)7)26(32-24)21-14-18(2)13-19(3)15-21/h11-16,20,32H,10,17H2,1-9H3,(H,31,34). The highest BCUT2D eigenvalue weighted by Gasteiger charge is 2.32. The quantitative estimate of drug-likeness (QED) is 0.351. The number of hydrogen-bond acceptors (Lipinski definition) is 4. The number of aryl methyl sites for hydroxylation is 2. The Morgan fingerprint density at radius 3 is 2.22 bits per heavy atom. The van der Waals surface area contributed by atoms with Gasteiger partial charge in [-0.1, -0.05) is 30.2 Å². The molecule has 0 saturated heterocycles. The number of nitrogens with one attached hydrogen (secondary N) is 2. The van der Waals surface area contributed by atoms with Crippen LogP contribution in [0.3, 0.4) is 0 Å². The lowest BCUT2D eigenvalue weighted by atomic mass is 9.83. The zero-order chi connectivity index (χ0) is 26.8. The Hall–Kier alpha value is -3.28. The molecule has 0 radical (unpaired) electrons. The van der Waals surface area contributed by atoms with Crippen LogP contribution in [0.25, 0.3) is 22.2 Å². The van der Waals surface area contributed by atoms with Gasteiger partial charge in [0.25, 0.3) is 0 Å². The molecule has 1 atom stereocenters. The molecule has 6 nitrogen and oxygen atoms in total. The topological polar surface area (TPSA) is 80.4 Å². The number of esters is 1. The van der Waals surface area contributed by atoms with Crippen molar-refractivity contribution in [3.05, 3.63) is 58.7 Å². The summed E-state index contributed by atoms with van der Waals surface area (Å²) in [7, 11) is 0. The summed E-state index contributed by atoms with van der Waals surface area (Å²) in [5.74, 6) is -0.279. The summed E-state index contributed by atoms with van der Waals surface area (Å²) in [6, 6.07) is 12.6. The number of benzene rings is 2. The van der Waals surface area contributed by atoms with Crippen molar-refractivity contribution in [3.8, 4) is 11.3 Å². The summed E-state index contributed by atoms with van der Waals surface area (Å²) in [5.41, 5.74) is 6.06. The van der Waals surface area contributed by atoms with Crippen LogP contribution in [0, 0.1) is 13.8 Å². The molecule has 2 N–H and O–H groups in total. The smallest absolute Gasteiger partial charge is 0.407 e. The zero-order valence-electron chi connectivity index (χ0n) is 23.1. The van der Waals surface area contributed by atoms with Crippen LogP contribution in [0.4, 0.5) is 4.79 Å². The first-order valence-electron chi connectivity index (χ1n) is 12.6. The monoisotopic (exact) mass is 492 g/mol. The predicted octanol–water partition coefficient (Wildman–Crippen LogP) is 6.92. The third-order valence-electron chi connectivity index (χ3n) is 6.30. The van der Waals surface area contributed by atoms with E-state index in [1.165, 1.54) is 11.1 Å². The third-order valence-corrected chi connectivity index (χ3v) is 6.30. The molecule has 6 heteroatoms. The fraction of sp³-hybridized carbons (Fsp3) is 0.467. The van der Waals surface area contributed by atoms with Crippen molar-refractivity contribution in [2.45, 2.75) is 79.2 Å². The maximum atomic E-state index is 12.7. The largest absolute Gasteiger partial charge is 0.465 e. The van der Waals surface area contributed by atoms with Gasteiger partial charge in [0.2, 0.25) is 0 Å². The molecule has 194 valence electrons. The normalized spacial score (nSPS) is 12.9. The van der Waals surface area contributed by atoms with E-state index >= 15 is 0 Å². The number of ether oxygens (including phenoxy) is 2. The van der Waals surface area contributed by atoms with E-state index in [4.69, 9.17) is 9.47 Å². The summed E-state index contributed by atoms with van der Waals surface area (Å²) >= 11 is 0. The Bertz CT molecular complexity index is 1240. The average Bonchev–Trinajstić information content (AvgIpc) is 3.15. The van der Waals surface area contributed by atoms with Gasteiger partial charge in [-0.05, 0) is 96.3 Å². The minimum absolute atomic E-state index is 0.0250. The number of carbonyl (C=O) groups is 2. The number of alkyl carbamates (subject to hydrolysis) is 1. The van der Waals surface area contributed by atoms with Crippen LogP contribution < -0.4 is 5.32 Å². The molecule has 0 saturated carbocycles. The number of amides is 1. The van der Waals surface area contributed by atoms with E-state index in [2.05, 4.69) is 55.3 Å². The van der Waals surface area contributed by atoms with Crippen molar-refractivity contribution >= 4 is 23.0 Å². The fourth-order valence-electron chi connectivity index (χ4n) is 4.54. The van der Waals surface area contributed by atoms with Gasteiger partial charge < -0.3 is 19.8 Å². The molecule has 0 aliphatic rings. The van der Waals surface area contributed by atoms with Crippen LogP contribution >= 0.6 is 0 Å². The summed E-state index contributed by atoms with van der Waals surface area (Å²) in [6.07, 6.45) is -0.439. The molecule has 36 heavy (non-hydrogen) atoms. The van der Waals surface area contributed by atoms with Crippen molar-refractivity contribution < 1.29 is 19.1 Å². The molecule has 2 aromatic carbocycles. The molecule has 1 heterocycles. The summed E-state index contributed by atoms with van der Waals surface area (Å²) in [4.78, 5) is 28.7. The lowest BCUT2D eigenvalue weighted by Crippen LogP contribution is -2.34. The number of aromatic nitrogens is 1. The van der Waals surface area contributed by atoms with Crippen molar-refractivity contribution in [2.75, 3.05) is 13.2 Å². The number of hydrogen-bond donors (Lipinski definition) is 2. The Morgan fingerprint density at radius 2 is 1.64 bits per heavy atom. The SMILES string of the molecule is CCOC(=O)C(C)(C)c1ccc2[nH]c(-c3cc(C)cc(C)c3)c(C(C)CNC(=O)OC(C)(C)C)c2c1. The molecule has 3 rings (SSSR count). The minimum Gasteiger partial charge on any atom is -0.465 e. The van der Waals surface area contributed by atoms with Crippen molar-refractivity contribution in [1.82, 2.24) is 10.3 Å². The molecule has 0 bridgehead atoms. The highest BCUT2D eigenvalue weighted by Crippen LogP contribution is 2.38. The van der Waals surface area contributed by atoms with E-state index < -0.39 is 17.1 Å². The van der Waals surface area contributed by atoms with E-state index in [0.29, 0.717) is 13.2 Å². The first-order valence-corrected chi connectivity index (χ1v) is 12.6.